The van der Waals surface area contributed by atoms with Crippen LogP contribution in [0.5, 0.6) is 5.75 Å². The van der Waals surface area contributed by atoms with Crippen molar-refractivity contribution in [3.63, 3.8) is 0 Å². The van der Waals surface area contributed by atoms with E-state index in [-0.39, 0.29) is 17.0 Å². The van der Waals surface area contributed by atoms with Gasteiger partial charge in [0.25, 0.3) is 5.91 Å². The molecule has 0 unspecified atom stereocenters. The molecule has 5 nitrogen and oxygen atoms in total. The van der Waals surface area contributed by atoms with E-state index in [1.165, 1.54) is 18.6 Å². The van der Waals surface area contributed by atoms with Crippen molar-refractivity contribution in [2.75, 3.05) is 12.4 Å². The molecule has 0 aliphatic carbocycles. The van der Waals surface area contributed by atoms with Crippen LogP contribution in [0.3, 0.4) is 0 Å². The van der Waals surface area contributed by atoms with Crippen molar-refractivity contribution >= 4 is 11.6 Å². The zero-order chi connectivity index (χ0) is 15.5. The van der Waals surface area contributed by atoms with E-state index >= 15 is 0 Å². The van der Waals surface area contributed by atoms with Crippen LogP contribution < -0.4 is 10.1 Å². The Morgan fingerprint density at radius 2 is 2.00 bits per heavy atom. The van der Waals surface area contributed by atoms with Crippen LogP contribution in [0, 0.1) is 0 Å². The maximum atomic E-state index is 12.2. The third-order valence-corrected chi connectivity index (χ3v) is 3.11. The molecule has 2 aromatic rings. The zero-order valence-corrected chi connectivity index (χ0v) is 12.7. The standard InChI is InChI=1S/C16H19N3O2/c1-16(2,3)11-5-6-14(21-4)12(9-11)19-15(20)13-10-17-7-8-18-13/h5-10H,1-4H3,(H,19,20). The summed E-state index contributed by atoms with van der Waals surface area (Å²) < 4.78 is 5.30. The number of rotatable bonds is 3. The Balaban J connectivity index is 2.32. The van der Waals surface area contributed by atoms with Crippen molar-refractivity contribution in [1.82, 2.24) is 9.97 Å². The normalized spacial score (nSPS) is 11.0. The van der Waals surface area contributed by atoms with Gasteiger partial charge < -0.3 is 10.1 Å². The molecule has 1 aromatic carbocycles. The van der Waals surface area contributed by atoms with E-state index < -0.39 is 0 Å². The smallest absolute Gasteiger partial charge is 0.275 e. The molecule has 0 radical (unpaired) electrons. The predicted molar refractivity (Wildman–Crippen MR) is 81.7 cm³/mol. The lowest BCUT2D eigenvalue weighted by molar-refractivity contribution is 0.102. The molecule has 2 rings (SSSR count). The quantitative estimate of drug-likeness (QED) is 0.941. The molecule has 0 saturated heterocycles. The molecular weight excluding hydrogens is 266 g/mol. The van der Waals surface area contributed by atoms with Crippen LogP contribution in [0.4, 0.5) is 5.69 Å². The molecule has 1 amide bonds. The summed E-state index contributed by atoms with van der Waals surface area (Å²) in [6, 6.07) is 5.77. The average Bonchev–Trinajstić information content (AvgIpc) is 2.47. The molecule has 0 saturated carbocycles. The highest BCUT2D eigenvalue weighted by molar-refractivity contribution is 6.03. The van der Waals surface area contributed by atoms with E-state index in [0.29, 0.717) is 11.4 Å². The summed E-state index contributed by atoms with van der Waals surface area (Å²) in [5.74, 6) is 0.299. The second kappa shape index (κ2) is 5.91. The summed E-state index contributed by atoms with van der Waals surface area (Å²) in [5.41, 5.74) is 1.98. The number of amides is 1. The van der Waals surface area contributed by atoms with E-state index in [4.69, 9.17) is 4.74 Å². The molecule has 0 aliphatic heterocycles. The molecule has 0 atom stereocenters. The Bertz CT molecular complexity index is 634. The third-order valence-electron chi connectivity index (χ3n) is 3.11. The fraction of sp³-hybridized carbons (Fsp3) is 0.312. The summed E-state index contributed by atoms with van der Waals surface area (Å²) in [6.45, 7) is 6.34. The number of hydrogen-bond donors (Lipinski definition) is 1. The van der Waals surface area contributed by atoms with Gasteiger partial charge in [0.15, 0.2) is 0 Å². The number of aromatic nitrogens is 2. The van der Waals surface area contributed by atoms with Gasteiger partial charge in [-0.3, -0.25) is 9.78 Å². The van der Waals surface area contributed by atoms with Gasteiger partial charge in [-0.1, -0.05) is 26.8 Å². The van der Waals surface area contributed by atoms with Gasteiger partial charge in [0.1, 0.15) is 11.4 Å². The van der Waals surface area contributed by atoms with E-state index in [2.05, 4.69) is 36.1 Å². The second-order valence-corrected chi connectivity index (χ2v) is 5.71. The second-order valence-electron chi connectivity index (χ2n) is 5.71. The van der Waals surface area contributed by atoms with Crippen molar-refractivity contribution in [2.45, 2.75) is 26.2 Å². The lowest BCUT2D eigenvalue weighted by Gasteiger charge is -2.21. The average molecular weight is 285 g/mol. The summed E-state index contributed by atoms with van der Waals surface area (Å²) in [5, 5.41) is 2.82. The Hall–Kier alpha value is -2.43. The largest absolute Gasteiger partial charge is 0.495 e. The predicted octanol–water partition coefficient (Wildman–Crippen LogP) is 3.04. The van der Waals surface area contributed by atoms with Gasteiger partial charge in [-0.2, -0.15) is 0 Å². The molecule has 0 aliphatic rings. The minimum Gasteiger partial charge on any atom is -0.495 e. The number of nitrogens with zero attached hydrogens (tertiary/aromatic N) is 2. The van der Waals surface area contributed by atoms with Crippen LogP contribution in [0.1, 0.15) is 36.8 Å². The number of hydrogen-bond acceptors (Lipinski definition) is 4. The molecule has 21 heavy (non-hydrogen) atoms. The minimum absolute atomic E-state index is 0.0156. The number of nitrogens with one attached hydrogen (secondary N) is 1. The zero-order valence-electron chi connectivity index (χ0n) is 12.7. The monoisotopic (exact) mass is 285 g/mol. The van der Waals surface area contributed by atoms with Crippen molar-refractivity contribution < 1.29 is 9.53 Å². The van der Waals surface area contributed by atoms with Crippen molar-refractivity contribution in [3.05, 3.63) is 48.0 Å². The van der Waals surface area contributed by atoms with E-state index in [1.807, 2.05) is 18.2 Å². The van der Waals surface area contributed by atoms with Crippen LogP contribution in [0.15, 0.2) is 36.8 Å². The first-order valence-electron chi connectivity index (χ1n) is 6.67. The van der Waals surface area contributed by atoms with Crippen molar-refractivity contribution in [2.24, 2.45) is 0 Å². The highest BCUT2D eigenvalue weighted by atomic mass is 16.5. The highest BCUT2D eigenvalue weighted by Gasteiger charge is 2.17. The first-order valence-corrected chi connectivity index (χ1v) is 6.67. The molecule has 110 valence electrons. The van der Waals surface area contributed by atoms with Crippen molar-refractivity contribution in [3.8, 4) is 5.75 Å². The summed E-state index contributed by atoms with van der Waals surface area (Å²) in [4.78, 5) is 20.1. The maximum absolute atomic E-state index is 12.2. The summed E-state index contributed by atoms with van der Waals surface area (Å²) in [7, 11) is 1.57. The summed E-state index contributed by atoms with van der Waals surface area (Å²) >= 11 is 0. The third kappa shape index (κ3) is 3.56. The Morgan fingerprint density at radius 1 is 1.24 bits per heavy atom. The molecular formula is C16H19N3O2. The van der Waals surface area contributed by atoms with Crippen LogP contribution >= 0.6 is 0 Å². The van der Waals surface area contributed by atoms with Crippen LogP contribution in [0.25, 0.3) is 0 Å². The van der Waals surface area contributed by atoms with Crippen LogP contribution in [0.2, 0.25) is 0 Å². The Kier molecular flexibility index (Phi) is 4.21. The molecule has 1 heterocycles. The van der Waals surface area contributed by atoms with Crippen molar-refractivity contribution in [1.29, 1.82) is 0 Å². The van der Waals surface area contributed by atoms with E-state index in [1.54, 1.807) is 7.11 Å². The van der Waals surface area contributed by atoms with Gasteiger partial charge in [-0.25, -0.2) is 4.98 Å². The first kappa shape index (κ1) is 15.0. The van der Waals surface area contributed by atoms with E-state index in [0.717, 1.165) is 5.56 Å². The highest BCUT2D eigenvalue weighted by Crippen LogP contribution is 2.31. The van der Waals surface area contributed by atoms with Gasteiger partial charge in [0.2, 0.25) is 0 Å². The van der Waals surface area contributed by atoms with Gasteiger partial charge in [-0.15, -0.1) is 0 Å². The first-order chi connectivity index (χ1) is 9.91. The molecule has 0 bridgehead atoms. The number of carbonyl (C=O) groups is 1. The molecule has 5 heteroatoms. The Morgan fingerprint density at radius 3 is 2.57 bits per heavy atom. The molecule has 1 aromatic heterocycles. The minimum atomic E-state index is -0.313. The number of methoxy groups -OCH3 is 1. The number of carbonyl (C=O) groups excluding carboxylic acids is 1. The van der Waals surface area contributed by atoms with Crippen LogP contribution in [-0.2, 0) is 5.41 Å². The Labute approximate surface area is 124 Å². The maximum Gasteiger partial charge on any atom is 0.275 e. The SMILES string of the molecule is COc1ccc(C(C)(C)C)cc1NC(=O)c1cnccn1. The summed E-state index contributed by atoms with van der Waals surface area (Å²) in [6.07, 6.45) is 4.44. The van der Waals surface area contributed by atoms with Gasteiger partial charge in [-0.05, 0) is 23.1 Å². The lowest BCUT2D eigenvalue weighted by atomic mass is 9.87. The number of anilines is 1. The fourth-order valence-electron chi connectivity index (χ4n) is 1.87. The van der Waals surface area contributed by atoms with Gasteiger partial charge in [0.05, 0.1) is 19.0 Å². The fourth-order valence-corrected chi connectivity index (χ4v) is 1.87. The topological polar surface area (TPSA) is 64.1 Å². The van der Waals surface area contributed by atoms with Gasteiger partial charge >= 0.3 is 0 Å². The molecule has 1 N–H and O–H groups in total. The number of ether oxygens (including phenoxy) is 1. The van der Waals surface area contributed by atoms with E-state index in [9.17, 15) is 4.79 Å². The van der Waals surface area contributed by atoms with Gasteiger partial charge in [0, 0.05) is 12.4 Å². The number of benzene rings is 1. The molecule has 0 fully saturated rings. The van der Waals surface area contributed by atoms with Crippen LogP contribution in [-0.4, -0.2) is 23.0 Å². The molecule has 0 spiro atoms. The lowest BCUT2D eigenvalue weighted by Crippen LogP contribution is -2.16.